The van der Waals surface area contributed by atoms with Crippen molar-refractivity contribution in [2.24, 2.45) is 0 Å². The Morgan fingerprint density at radius 3 is 2.75 bits per heavy atom. The van der Waals surface area contributed by atoms with Crippen LogP contribution in [0.2, 0.25) is 0 Å². The van der Waals surface area contributed by atoms with Crippen LogP contribution in [-0.4, -0.2) is 17.0 Å². The summed E-state index contributed by atoms with van der Waals surface area (Å²) in [5.74, 6) is 0.0440. The molecule has 20 heavy (non-hydrogen) atoms. The van der Waals surface area contributed by atoms with Gasteiger partial charge in [0.25, 0.3) is 0 Å². The first kappa shape index (κ1) is 12.9. The van der Waals surface area contributed by atoms with Gasteiger partial charge in [-0.3, -0.25) is 9.78 Å². The molecule has 2 nitrogen and oxygen atoms in total. The number of thioether (sulfide) groups is 1. The SMILES string of the molecule is CSc1ccccc1C(=O)c1ccc2cccnc2c1. The predicted molar refractivity (Wildman–Crippen MR) is 83.4 cm³/mol. The third-order valence-corrected chi connectivity index (χ3v) is 4.02. The van der Waals surface area contributed by atoms with Crippen molar-refractivity contribution < 1.29 is 4.79 Å². The molecule has 0 aliphatic carbocycles. The smallest absolute Gasteiger partial charge is 0.194 e. The Bertz CT molecular complexity index is 783. The highest BCUT2D eigenvalue weighted by Gasteiger charge is 2.13. The van der Waals surface area contributed by atoms with E-state index in [1.807, 2.05) is 60.9 Å². The summed E-state index contributed by atoms with van der Waals surface area (Å²) < 4.78 is 0. The summed E-state index contributed by atoms with van der Waals surface area (Å²) in [6, 6.07) is 17.2. The third-order valence-electron chi connectivity index (χ3n) is 3.22. The van der Waals surface area contributed by atoms with E-state index in [9.17, 15) is 4.79 Å². The number of hydrogen-bond donors (Lipinski definition) is 0. The van der Waals surface area contributed by atoms with Crippen LogP contribution in [0, 0.1) is 0 Å². The van der Waals surface area contributed by atoms with E-state index in [0.29, 0.717) is 5.56 Å². The Morgan fingerprint density at radius 1 is 1.05 bits per heavy atom. The number of nitrogens with zero attached hydrogens (tertiary/aromatic N) is 1. The van der Waals surface area contributed by atoms with E-state index in [1.165, 1.54) is 0 Å². The van der Waals surface area contributed by atoms with Gasteiger partial charge in [0.15, 0.2) is 5.78 Å². The molecule has 0 amide bonds. The van der Waals surface area contributed by atoms with E-state index in [0.717, 1.165) is 21.4 Å². The first-order valence-corrected chi connectivity index (χ1v) is 7.54. The van der Waals surface area contributed by atoms with Crippen LogP contribution in [0.5, 0.6) is 0 Å². The Hall–Kier alpha value is -2.13. The zero-order valence-electron chi connectivity index (χ0n) is 11.0. The Balaban J connectivity index is 2.08. The van der Waals surface area contributed by atoms with Crippen LogP contribution in [0.25, 0.3) is 10.9 Å². The van der Waals surface area contributed by atoms with Crippen LogP contribution < -0.4 is 0 Å². The van der Waals surface area contributed by atoms with Crippen molar-refractivity contribution in [3.63, 3.8) is 0 Å². The van der Waals surface area contributed by atoms with Crippen molar-refractivity contribution in [2.45, 2.75) is 4.90 Å². The van der Waals surface area contributed by atoms with E-state index in [2.05, 4.69) is 4.98 Å². The van der Waals surface area contributed by atoms with Gasteiger partial charge >= 0.3 is 0 Å². The number of fused-ring (bicyclic) bond motifs is 1. The molecule has 0 spiro atoms. The lowest BCUT2D eigenvalue weighted by Crippen LogP contribution is -2.03. The molecule has 3 heteroatoms. The second kappa shape index (κ2) is 5.47. The van der Waals surface area contributed by atoms with Gasteiger partial charge in [-0.2, -0.15) is 0 Å². The third kappa shape index (κ3) is 2.32. The fourth-order valence-electron chi connectivity index (χ4n) is 2.20. The topological polar surface area (TPSA) is 30.0 Å². The van der Waals surface area contributed by atoms with E-state index >= 15 is 0 Å². The fraction of sp³-hybridized carbons (Fsp3) is 0.0588. The maximum atomic E-state index is 12.6. The van der Waals surface area contributed by atoms with Crippen LogP contribution in [0.1, 0.15) is 15.9 Å². The summed E-state index contributed by atoms with van der Waals surface area (Å²) in [7, 11) is 0. The van der Waals surface area contributed by atoms with Crippen molar-refractivity contribution in [3.05, 3.63) is 71.9 Å². The van der Waals surface area contributed by atoms with Crippen molar-refractivity contribution in [3.8, 4) is 0 Å². The van der Waals surface area contributed by atoms with Gasteiger partial charge in [-0.25, -0.2) is 0 Å². The highest BCUT2D eigenvalue weighted by molar-refractivity contribution is 7.98. The summed E-state index contributed by atoms with van der Waals surface area (Å²) in [4.78, 5) is 17.9. The molecule has 2 aromatic carbocycles. The molecule has 0 bridgehead atoms. The van der Waals surface area contributed by atoms with E-state index in [1.54, 1.807) is 18.0 Å². The highest BCUT2D eigenvalue weighted by atomic mass is 32.2. The Labute approximate surface area is 121 Å². The molecule has 0 radical (unpaired) electrons. The van der Waals surface area contributed by atoms with Crippen LogP contribution in [0.3, 0.4) is 0 Å². The van der Waals surface area contributed by atoms with Crippen molar-refractivity contribution >= 4 is 28.4 Å². The second-order valence-electron chi connectivity index (χ2n) is 4.44. The van der Waals surface area contributed by atoms with E-state index in [4.69, 9.17) is 0 Å². The van der Waals surface area contributed by atoms with Crippen LogP contribution in [0.4, 0.5) is 0 Å². The number of carbonyl (C=O) groups is 1. The maximum absolute atomic E-state index is 12.6. The zero-order chi connectivity index (χ0) is 13.9. The molecular formula is C17H13NOS. The summed E-state index contributed by atoms with van der Waals surface area (Å²) >= 11 is 1.59. The minimum atomic E-state index is 0.0440. The summed E-state index contributed by atoms with van der Waals surface area (Å²) in [5.41, 5.74) is 2.27. The van der Waals surface area contributed by atoms with Gasteiger partial charge in [0.1, 0.15) is 0 Å². The summed E-state index contributed by atoms with van der Waals surface area (Å²) in [6.45, 7) is 0. The largest absolute Gasteiger partial charge is 0.289 e. The molecule has 1 aromatic heterocycles. The Morgan fingerprint density at radius 2 is 1.90 bits per heavy atom. The second-order valence-corrected chi connectivity index (χ2v) is 5.29. The highest BCUT2D eigenvalue weighted by Crippen LogP contribution is 2.23. The molecule has 0 saturated heterocycles. The quantitative estimate of drug-likeness (QED) is 0.532. The van der Waals surface area contributed by atoms with Crippen LogP contribution in [-0.2, 0) is 0 Å². The van der Waals surface area contributed by atoms with Gasteiger partial charge in [-0.15, -0.1) is 11.8 Å². The standard InChI is InChI=1S/C17H13NOS/c1-20-16-7-3-2-6-14(16)17(19)13-9-8-12-5-4-10-18-15(12)11-13/h2-11H,1H3. The van der Waals surface area contributed by atoms with Gasteiger partial charge in [0.05, 0.1) is 5.52 Å². The predicted octanol–water partition coefficient (Wildman–Crippen LogP) is 4.19. The average Bonchev–Trinajstić information content (AvgIpc) is 2.53. The molecule has 0 aliphatic rings. The van der Waals surface area contributed by atoms with Crippen molar-refractivity contribution in [2.75, 3.05) is 6.26 Å². The van der Waals surface area contributed by atoms with Gasteiger partial charge < -0.3 is 0 Å². The number of ketones is 1. The molecule has 98 valence electrons. The Kier molecular flexibility index (Phi) is 3.52. The first-order valence-electron chi connectivity index (χ1n) is 6.32. The molecule has 1 heterocycles. The van der Waals surface area contributed by atoms with Gasteiger partial charge in [0, 0.05) is 27.6 Å². The monoisotopic (exact) mass is 279 g/mol. The molecule has 0 N–H and O–H groups in total. The number of benzene rings is 2. The number of aromatic nitrogens is 1. The zero-order valence-corrected chi connectivity index (χ0v) is 11.9. The maximum Gasteiger partial charge on any atom is 0.194 e. The fourth-order valence-corrected chi connectivity index (χ4v) is 2.79. The average molecular weight is 279 g/mol. The van der Waals surface area contributed by atoms with Crippen molar-refractivity contribution in [1.29, 1.82) is 0 Å². The lowest BCUT2D eigenvalue weighted by Gasteiger charge is -2.07. The van der Waals surface area contributed by atoms with Crippen LogP contribution >= 0.6 is 11.8 Å². The molecule has 0 fully saturated rings. The lowest BCUT2D eigenvalue weighted by atomic mass is 10.0. The molecule has 0 unspecified atom stereocenters. The molecule has 0 saturated carbocycles. The molecule has 3 rings (SSSR count). The first-order chi connectivity index (χ1) is 9.79. The number of carbonyl (C=O) groups excluding carboxylic acids is 1. The van der Waals surface area contributed by atoms with Gasteiger partial charge in [-0.1, -0.05) is 30.3 Å². The van der Waals surface area contributed by atoms with Crippen LogP contribution in [0.15, 0.2) is 65.7 Å². The van der Waals surface area contributed by atoms with Crippen molar-refractivity contribution in [1.82, 2.24) is 4.98 Å². The normalized spacial score (nSPS) is 10.7. The minimum absolute atomic E-state index is 0.0440. The number of rotatable bonds is 3. The summed E-state index contributed by atoms with van der Waals surface area (Å²) in [5, 5.41) is 1.04. The minimum Gasteiger partial charge on any atom is -0.289 e. The lowest BCUT2D eigenvalue weighted by molar-refractivity contribution is 0.103. The van der Waals surface area contributed by atoms with Gasteiger partial charge in [0.2, 0.25) is 0 Å². The number of pyridine rings is 1. The van der Waals surface area contributed by atoms with Gasteiger partial charge in [-0.05, 0) is 30.5 Å². The molecule has 0 atom stereocenters. The summed E-state index contributed by atoms with van der Waals surface area (Å²) in [6.07, 6.45) is 3.72. The molecule has 3 aromatic rings. The van der Waals surface area contributed by atoms with E-state index < -0.39 is 0 Å². The molecule has 0 aliphatic heterocycles. The van der Waals surface area contributed by atoms with E-state index in [-0.39, 0.29) is 5.78 Å². The number of hydrogen-bond acceptors (Lipinski definition) is 3. The molecular weight excluding hydrogens is 266 g/mol.